The van der Waals surface area contributed by atoms with E-state index in [9.17, 15) is 4.79 Å². The van der Waals surface area contributed by atoms with Crippen molar-refractivity contribution in [2.45, 2.75) is 46.1 Å². The van der Waals surface area contributed by atoms with Crippen LogP contribution in [-0.2, 0) is 4.79 Å². The van der Waals surface area contributed by atoms with E-state index in [0.717, 1.165) is 13.0 Å². The van der Waals surface area contributed by atoms with Crippen LogP contribution in [-0.4, -0.2) is 23.9 Å². The quantitative estimate of drug-likeness (QED) is 0.567. The summed E-state index contributed by atoms with van der Waals surface area (Å²) in [6, 6.07) is 0.520. The molecule has 0 spiro atoms. The van der Waals surface area contributed by atoms with E-state index in [-0.39, 0.29) is 0 Å². The van der Waals surface area contributed by atoms with Gasteiger partial charge in [0.2, 0.25) is 6.41 Å². The van der Waals surface area contributed by atoms with Crippen LogP contribution in [0.15, 0.2) is 0 Å². The Morgan fingerprint density at radius 3 is 2.62 bits per heavy atom. The zero-order valence-electron chi connectivity index (χ0n) is 8.84. The fraction of sp³-hybridized carbons (Fsp3) is 0.909. The fourth-order valence-electron chi connectivity index (χ4n) is 3.63. The summed E-state index contributed by atoms with van der Waals surface area (Å²) < 4.78 is 0. The van der Waals surface area contributed by atoms with Gasteiger partial charge < -0.3 is 4.90 Å². The summed E-state index contributed by atoms with van der Waals surface area (Å²) in [6.07, 6.45) is 4.70. The molecule has 2 heteroatoms. The second-order valence-electron chi connectivity index (χ2n) is 5.99. The van der Waals surface area contributed by atoms with Crippen LogP contribution in [0.1, 0.15) is 40.0 Å². The zero-order valence-corrected chi connectivity index (χ0v) is 8.84. The minimum absolute atomic E-state index is 0.396. The Balaban J connectivity index is 2.23. The van der Waals surface area contributed by atoms with Gasteiger partial charge in [-0.05, 0) is 30.1 Å². The smallest absolute Gasteiger partial charge is 0.209 e. The first-order chi connectivity index (χ1) is 5.94. The van der Waals surface area contributed by atoms with Gasteiger partial charge in [-0.3, -0.25) is 4.79 Å². The molecule has 13 heavy (non-hydrogen) atoms. The van der Waals surface area contributed by atoms with Gasteiger partial charge in [0.05, 0.1) is 0 Å². The fourth-order valence-corrected chi connectivity index (χ4v) is 3.63. The van der Waals surface area contributed by atoms with E-state index < -0.39 is 0 Å². The van der Waals surface area contributed by atoms with E-state index in [2.05, 4.69) is 20.8 Å². The molecule has 2 aliphatic rings. The molecule has 0 aromatic heterocycles. The highest BCUT2D eigenvalue weighted by Crippen LogP contribution is 2.51. The lowest BCUT2D eigenvalue weighted by Gasteiger charge is -2.39. The topological polar surface area (TPSA) is 20.3 Å². The minimum atomic E-state index is 0.396. The lowest BCUT2D eigenvalue weighted by molar-refractivity contribution is -0.119. The molecule has 1 heterocycles. The molecule has 1 saturated heterocycles. The standard InChI is InChI=1S/C11H19NO/c1-10(2)4-9-5-11(3,6-10)7-12(9)8-13/h8-9H,4-7H2,1-3H3. The molecule has 0 radical (unpaired) electrons. The predicted octanol–water partition coefficient (Wildman–Crippen LogP) is 2.04. The van der Waals surface area contributed by atoms with Gasteiger partial charge in [-0.1, -0.05) is 20.8 Å². The van der Waals surface area contributed by atoms with Crippen LogP contribution in [0.25, 0.3) is 0 Å². The van der Waals surface area contributed by atoms with Crippen LogP contribution in [0.4, 0.5) is 0 Å². The highest BCUT2D eigenvalue weighted by molar-refractivity contribution is 5.49. The molecule has 2 rings (SSSR count). The van der Waals surface area contributed by atoms with Crippen molar-refractivity contribution >= 4 is 6.41 Å². The first kappa shape index (κ1) is 9.04. The Labute approximate surface area is 80.3 Å². The molecule has 1 aliphatic heterocycles. The lowest BCUT2D eigenvalue weighted by atomic mass is 9.65. The van der Waals surface area contributed by atoms with E-state index in [1.807, 2.05) is 4.90 Å². The molecule has 2 fully saturated rings. The summed E-state index contributed by atoms with van der Waals surface area (Å²) >= 11 is 0. The van der Waals surface area contributed by atoms with Crippen molar-refractivity contribution in [1.29, 1.82) is 0 Å². The minimum Gasteiger partial charge on any atom is -0.342 e. The molecule has 0 aromatic rings. The molecule has 1 saturated carbocycles. The molecular weight excluding hydrogens is 162 g/mol. The second-order valence-corrected chi connectivity index (χ2v) is 5.99. The number of amides is 1. The average Bonchev–Trinajstić information content (AvgIpc) is 2.19. The van der Waals surface area contributed by atoms with Gasteiger partial charge in [0.1, 0.15) is 0 Å². The Hall–Kier alpha value is -0.530. The van der Waals surface area contributed by atoms with Crippen molar-refractivity contribution in [3.8, 4) is 0 Å². The molecule has 2 bridgehead atoms. The van der Waals surface area contributed by atoms with Gasteiger partial charge >= 0.3 is 0 Å². The SMILES string of the molecule is CC1(C)CC2CC(C)(CN2C=O)C1. The molecule has 2 nitrogen and oxygen atoms in total. The number of hydrogen-bond donors (Lipinski definition) is 0. The van der Waals surface area contributed by atoms with Crippen LogP contribution < -0.4 is 0 Å². The van der Waals surface area contributed by atoms with Crippen molar-refractivity contribution in [1.82, 2.24) is 4.90 Å². The number of fused-ring (bicyclic) bond motifs is 2. The Kier molecular flexibility index (Phi) is 1.73. The molecule has 1 amide bonds. The monoisotopic (exact) mass is 181 g/mol. The van der Waals surface area contributed by atoms with Gasteiger partial charge in [0, 0.05) is 12.6 Å². The van der Waals surface area contributed by atoms with E-state index in [1.54, 1.807) is 0 Å². The number of carbonyl (C=O) groups excluding carboxylic acids is 1. The predicted molar refractivity (Wildman–Crippen MR) is 52.3 cm³/mol. The van der Waals surface area contributed by atoms with Crippen molar-refractivity contribution in [2.24, 2.45) is 10.8 Å². The first-order valence-electron chi connectivity index (χ1n) is 5.15. The summed E-state index contributed by atoms with van der Waals surface area (Å²) in [6.45, 7) is 7.95. The largest absolute Gasteiger partial charge is 0.342 e. The number of rotatable bonds is 1. The van der Waals surface area contributed by atoms with E-state index in [0.29, 0.717) is 16.9 Å². The van der Waals surface area contributed by atoms with Crippen LogP contribution >= 0.6 is 0 Å². The maximum absolute atomic E-state index is 10.8. The van der Waals surface area contributed by atoms with E-state index >= 15 is 0 Å². The van der Waals surface area contributed by atoms with Gasteiger partial charge in [0.25, 0.3) is 0 Å². The van der Waals surface area contributed by atoms with E-state index in [4.69, 9.17) is 0 Å². The van der Waals surface area contributed by atoms with Gasteiger partial charge in [-0.15, -0.1) is 0 Å². The maximum Gasteiger partial charge on any atom is 0.209 e. The van der Waals surface area contributed by atoms with Crippen molar-refractivity contribution in [2.75, 3.05) is 6.54 Å². The molecule has 2 unspecified atom stereocenters. The molecule has 2 atom stereocenters. The summed E-state index contributed by atoms with van der Waals surface area (Å²) in [5.74, 6) is 0. The third-order valence-corrected chi connectivity index (χ3v) is 3.59. The average molecular weight is 181 g/mol. The van der Waals surface area contributed by atoms with Crippen molar-refractivity contribution < 1.29 is 4.79 Å². The maximum atomic E-state index is 10.8. The number of carbonyl (C=O) groups is 1. The molecule has 74 valence electrons. The Morgan fingerprint density at radius 2 is 2.00 bits per heavy atom. The Bertz CT molecular complexity index is 236. The van der Waals surface area contributed by atoms with Crippen LogP contribution in [0, 0.1) is 10.8 Å². The van der Waals surface area contributed by atoms with Crippen LogP contribution in [0.5, 0.6) is 0 Å². The van der Waals surface area contributed by atoms with Crippen LogP contribution in [0.2, 0.25) is 0 Å². The third kappa shape index (κ3) is 1.47. The number of nitrogens with zero attached hydrogens (tertiary/aromatic N) is 1. The highest BCUT2D eigenvalue weighted by Gasteiger charge is 2.49. The summed E-state index contributed by atoms with van der Waals surface area (Å²) in [5, 5.41) is 0. The molecule has 0 N–H and O–H groups in total. The first-order valence-corrected chi connectivity index (χ1v) is 5.15. The Morgan fingerprint density at radius 1 is 1.31 bits per heavy atom. The summed E-state index contributed by atoms with van der Waals surface area (Å²) in [7, 11) is 0. The van der Waals surface area contributed by atoms with Gasteiger partial charge in [-0.25, -0.2) is 0 Å². The van der Waals surface area contributed by atoms with Crippen LogP contribution in [0.3, 0.4) is 0 Å². The molecule has 0 aromatic carbocycles. The number of hydrogen-bond acceptors (Lipinski definition) is 1. The van der Waals surface area contributed by atoms with Gasteiger partial charge in [-0.2, -0.15) is 0 Å². The van der Waals surface area contributed by atoms with Crippen molar-refractivity contribution in [3.63, 3.8) is 0 Å². The third-order valence-electron chi connectivity index (χ3n) is 3.59. The van der Waals surface area contributed by atoms with Gasteiger partial charge in [0.15, 0.2) is 0 Å². The van der Waals surface area contributed by atoms with E-state index in [1.165, 1.54) is 19.3 Å². The molecular formula is C11H19NO. The second kappa shape index (κ2) is 2.49. The highest BCUT2D eigenvalue weighted by atomic mass is 16.1. The molecule has 1 aliphatic carbocycles. The number of likely N-dealkylation sites (tertiary alicyclic amines) is 1. The lowest BCUT2D eigenvalue weighted by Crippen LogP contribution is -2.34. The normalized spacial score (nSPS) is 42.1. The summed E-state index contributed by atoms with van der Waals surface area (Å²) in [5.41, 5.74) is 0.822. The summed E-state index contributed by atoms with van der Waals surface area (Å²) in [4.78, 5) is 12.8. The van der Waals surface area contributed by atoms with Crippen molar-refractivity contribution in [3.05, 3.63) is 0 Å². The zero-order chi connectivity index (χ0) is 9.69.